The van der Waals surface area contributed by atoms with E-state index in [-0.39, 0.29) is 5.56 Å². The van der Waals surface area contributed by atoms with E-state index in [2.05, 4.69) is 9.97 Å². The van der Waals surface area contributed by atoms with Gasteiger partial charge in [-0.1, -0.05) is 6.07 Å². The lowest BCUT2D eigenvalue weighted by Crippen LogP contribution is -2.15. The van der Waals surface area contributed by atoms with Crippen molar-refractivity contribution in [3.63, 3.8) is 0 Å². The van der Waals surface area contributed by atoms with Gasteiger partial charge in [0.1, 0.15) is 11.4 Å². The van der Waals surface area contributed by atoms with Gasteiger partial charge in [-0.15, -0.1) is 0 Å². The number of hydrogen-bond acceptors (Lipinski definition) is 6. The first-order valence-electron chi connectivity index (χ1n) is 5.87. The predicted octanol–water partition coefficient (Wildman–Crippen LogP) is 2.54. The zero-order valence-electron chi connectivity index (χ0n) is 11.2. The second-order valence-electron chi connectivity index (χ2n) is 4.47. The van der Waals surface area contributed by atoms with Crippen molar-refractivity contribution in [2.75, 3.05) is 11.5 Å². The van der Waals surface area contributed by atoms with Gasteiger partial charge in [-0.3, -0.25) is 10.1 Å². The van der Waals surface area contributed by atoms with E-state index < -0.39 is 39.8 Å². The lowest BCUT2D eigenvalue weighted by Gasteiger charge is -2.14. The second kappa shape index (κ2) is 5.13. The molecule has 0 bridgehead atoms. The molecule has 0 saturated heterocycles. The molecule has 4 N–H and O–H groups in total. The van der Waals surface area contributed by atoms with Crippen LogP contribution in [0, 0.1) is 17.0 Å². The fourth-order valence-corrected chi connectivity index (χ4v) is 1.96. The number of hydrogen-bond donors (Lipinski definition) is 2. The van der Waals surface area contributed by atoms with Crippen LogP contribution in [0.3, 0.4) is 0 Å². The number of anilines is 2. The molecule has 0 radical (unpaired) electrons. The monoisotopic (exact) mass is 313 g/mol. The van der Waals surface area contributed by atoms with Gasteiger partial charge in [0.15, 0.2) is 0 Å². The molecular formula is C12H10F3N5O2. The first-order valence-corrected chi connectivity index (χ1v) is 5.87. The molecule has 0 fully saturated rings. The maximum absolute atomic E-state index is 13.2. The Hall–Kier alpha value is -2.91. The lowest BCUT2D eigenvalue weighted by atomic mass is 10.0. The van der Waals surface area contributed by atoms with Crippen LogP contribution < -0.4 is 11.5 Å². The number of halogens is 3. The molecular weight excluding hydrogens is 303 g/mol. The normalized spacial score (nSPS) is 11.5. The minimum atomic E-state index is -4.88. The minimum absolute atomic E-state index is 0.330. The molecule has 22 heavy (non-hydrogen) atoms. The summed E-state index contributed by atoms with van der Waals surface area (Å²) in [7, 11) is 0. The first-order chi connectivity index (χ1) is 10.1. The minimum Gasteiger partial charge on any atom is -0.383 e. The highest BCUT2D eigenvalue weighted by atomic mass is 19.4. The van der Waals surface area contributed by atoms with Crippen molar-refractivity contribution in [3.05, 3.63) is 39.4 Å². The molecule has 0 unspecified atom stereocenters. The Kier molecular flexibility index (Phi) is 3.61. The van der Waals surface area contributed by atoms with Crippen molar-refractivity contribution in [1.29, 1.82) is 0 Å². The van der Waals surface area contributed by atoms with Gasteiger partial charge < -0.3 is 11.5 Å². The van der Waals surface area contributed by atoms with Gasteiger partial charge >= 0.3 is 6.18 Å². The number of nitrogen functional groups attached to an aromatic ring is 2. The summed E-state index contributed by atoms with van der Waals surface area (Å²) in [6.45, 7) is 1.57. The molecule has 0 saturated carbocycles. The van der Waals surface area contributed by atoms with E-state index in [1.807, 2.05) is 0 Å². The Morgan fingerprint density at radius 1 is 1.23 bits per heavy atom. The molecule has 116 valence electrons. The third-order valence-corrected chi connectivity index (χ3v) is 2.84. The summed E-state index contributed by atoms with van der Waals surface area (Å²) in [5.74, 6) is -1.39. The van der Waals surface area contributed by atoms with E-state index in [9.17, 15) is 23.3 Å². The zero-order valence-corrected chi connectivity index (χ0v) is 11.2. The summed E-state index contributed by atoms with van der Waals surface area (Å²) in [5.41, 5.74) is 8.19. The SMILES string of the molecule is Cc1ccc(-c2nc(N)nc(N)c2C(F)(F)F)c([N+](=O)[O-])c1. The maximum Gasteiger partial charge on any atom is 0.422 e. The molecule has 1 aromatic heterocycles. The van der Waals surface area contributed by atoms with Gasteiger partial charge in [0.2, 0.25) is 5.95 Å². The fraction of sp³-hybridized carbons (Fsp3) is 0.167. The third-order valence-electron chi connectivity index (χ3n) is 2.84. The molecule has 0 atom stereocenters. The van der Waals surface area contributed by atoms with Crippen LogP contribution >= 0.6 is 0 Å². The van der Waals surface area contributed by atoms with Crippen molar-refractivity contribution >= 4 is 17.5 Å². The Labute approximate surface area is 121 Å². The number of aryl methyl sites for hydroxylation is 1. The van der Waals surface area contributed by atoms with Crippen molar-refractivity contribution in [3.8, 4) is 11.3 Å². The summed E-state index contributed by atoms with van der Waals surface area (Å²) in [6, 6.07) is 3.74. The zero-order chi connectivity index (χ0) is 16.7. The number of aromatic nitrogens is 2. The smallest absolute Gasteiger partial charge is 0.383 e. The average Bonchev–Trinajstić information content (AvgIpc) is 2.35. The van der Waals surface area contributed by atoms with Crippen LogP contribution in [0.2, 0.25) is 0 Å². The molecule has 0 aliphatic rings. The van der Waals surface area contributed by atoms with Crippen LogP contribution in [0.5, 0.6) is 0 Å². The summed E-state index contributed by atoms with van der Waals surface area (Å²) in [5, 5.41) is 11.1. The van der Waals surface area contributed by atoms with Crippen molar-refractivity contribution in [1.82, 2.24) is 9.97 Å². The van der Waals surface area contributed by atoms with Crippen LogP contribution in [0.25, 0.3) is 11.3 Å². The highest BCUT2D eigenvalue weighted by molar-refractivity contribution is 5.77. The number of nitro groups is 1. The number of rotatable bonds is 2. The van der Waals surface area contributed by atoms with Crippen LogP contribution in [-0.2, 0) is 6.18 Å². The standard InChI is InChI=1S/C12H10F3N5O2/c1-5-2-3-6(7(4-5)20(21)22)9-8(12(13,14)15)10(16)19-11(17)18-9/h2-4H,1H3,(H4,16,17,18,19). The molecule has 2 rings (SSSR count). The van der Waals surface area contributed by atoms with E-state index >= 15 is 0 Å². The van der Waals surface area contributed by atoms with Crippen molar-refractivity contribution < 1.29 is 18.1 Å². The van der Waals surface area contributed by atoms with Crippen LogP contribution in [0.15, 0.2) is 18.2 Å². The Bertz CT molecular complexity index is 761. The summed E-state index contributed by atoms with van der Waals surface area (Å²) >= 11 is 0. The van der Waals surface area contributed by atoms with E-state index in [0.717, 1.165) is 6.07 Å². The van der Waals surface area contributed by atoms with Gasteiger partial charge in [0, 0.05) is 6.07 Å². The van der Waals surface area contributed by atoms with Gasteiger partial charge in [-0.05, 0) is 18.6 Å². The van der Waals surface area contributed by atoms with Gasteiger partial charge in [-0.25, -0.2) is 4.98 Å². The lowest BCUT2D eigenvalue weighted by molar-refractivity contribution is -0.384. The predicted molar refractivity (Wildman–Crippen MR) is 72.7 cm³/mol. The van der Waals surface area contributed by atoms with E-state index in [1.165, 1.54) is 12.1 Å². The van der Waals surface area contributed by atoms with Crippen LogP contribution in [0.4, 0.5) is 30.6 Å². The Morgan fingerprint density at radius 3 is 2.41 bits per heavy atom. The number of benzene rings is 1. The summed E-state index contributed by atoms with van der Waals surface area (Å²) in [6.07, 6.45) is -4.88. The Balaban J connectivity index is 2.86. The highest BCUT2D eigenvalue weighted by Gasteiger charge is 2.39. The largest absolute Gasteiger partial charge is 0.422 e. The summed E-state index contributed by atoms with van der Waals surface area (Å²) < 4.78 is 39.5. The third kappa shape index (κ3) is 2.75. The number of alkyl halides is 3. The molecule has 0 spiro atoms. The van der Waals surface area contributed by atoms with E-state index in [1.54, 1.807) is 6.92 Å². The first kappa shape index (κ1) is 15.5. The molecule has 1 heterocycles. The second-order valence-corrected chi connectivity index (χ2v) is 4.47. The molecule has 10 heteroatoms. The quantitative estimate of drug-likeness (QED) is 0.649. The average molecular weight is 313 g/mol. The van der Waals surface area contributed by atoms with Crippen LogP contribution in [0.1, 0.15) is 11.1 Å². The van der Waals surface area contributed by atoms with Crippen LogP contribution in [-0.4, -0.2) is 14.9 Å². The number of nitro benzene ring substituents is 1. The molecule has 0 aliphatic heterocycles. The van der Waals surface area contributed by atoms with Crippen molar-refractivity contribution in [2.24, 2.45) is 0 Å². The number of nitrogens with two attached hydrogens (primary N) is 2. The van der Waals surface area contributed by atoms with E-state index in [4.69, 9.17) is 11.5 Å². The van der Waals surface area contributed by atoms with Gasteiger partial charge in [0.25, 0.3) is 5.69 Å². The number of nitrogens with zero attached hydrogens (tertiary/aromatic N) is 3. The molecule has 2 aromatic rings. The highest BCUT2D eigenvalue weighted by Crippen LogP contribution is 2.42. The van der Waals surface area contributed by atoms with Gasteiger partial charge in [0.05, 0.1) is 16.2 Å². The molecule has 0 aliphatic carbocycles. The fourth-order valence-electron chi connectivity index (χ4n) is 1.96. The van der Waals surface area contributed by atoms with Gasteiger partial charge in [-0.2, -0.15) is 18.2 Å². The maximum atomic E-state index is 13.2. The van der Waals surface area contributed by atoms with Crippen molar-refractivity contribution in [2.45, 2.75) is 13.1 Å². The summed E-state index contributed by atoms with van der Waals surface area (Å²) in [4.78, 5) is 17.1. The molecule has 7 nitrogen and oxygen atoms in total. The topological polar surface area (TPSA) is 121 Å². The Morgan fingerprint density at radius 2 is 1.86 bits per heavy atom. The molecule has 0 amide bonds. The molecule has 1 aromatic carbocycles. The van der Waals surface area contributed by atoms with E-state index in [0.29, 0.717) is 5.56 Å².